The van der Waals surface area contributed by atoms with E-state index in [-0.39, 0.29) is 5.92 Å². The van der Waals surface area contributed by atoms with Gasteiger partial charge in [-0.25, -0.2) is 4.98 Å². The van der Waals surface area contributed by atoms with Crippen molar-refractivity contribution in [2.45, 2.75) is 13.0 Å². The van der Waals surface area contributed by atoms with E-state index in [1.807, 2.05) is 30.3 Å². The molecular weight excluding hydrogens is 256 g/mol. The van der Waals surface area contributed by atoms with Crippen LogP contribution < -0.4 is 0 Å². The molecule has 1 atom stereocenters. The second kappa shape index (κ2) is 5.46. The van der Waals surface area contributed by atoms with E-state index in [2.05, 4.69) is 9.88 Å². The van der Waals surface area contributed by atoms with Crippen molar-refractivity contribution in [2.75, 3.05) is 13.1 Å². The molecule has 1 unspecified atom stereocenters. The first kappa shape index (κ1) is 12.9. The highest BCUT2D eigenvalue weighted by Crippen LogP contribution is 2.21. The van der Waals surface area contributed by atoms with Crippen LogP contribution in [-0.2, 0) is 11.3 Å². The van der Waals surface area contributed by atoms with Gasteiger partial charge in [-0.3, -0.25) is 9.69 Å². The van der Waals surface area contributed by atoms with Crippen molar-refractivity contribution in [1.29, 1.82) is 0 Å². The summed E-state index contributed by atoms with van der Waals surface area (Å²) in [5.74, 6) is -0.359. The van der Waals surface area contributed by atoms with Crippen molar-refractivity contribution in [3.05, 3.63) is 42.3 Å². The predicted octanol–water partition coefficient (Wildman–Crippen LogP) is 2.25. The van der Waals surface area contributed by atoms with Crippen LogP contribution in [-0.4, -0.2) is 34.0 Å². The van der Waals surface area contributed by atoms with Crippen LogP contribution >= 0.6 is 0 Å². The van der Waals surface area contributed by atoms with E-state index in [0.29, 0.717) is 25.4 Å². The van der Waals surface area contributed by atoms with Gasteiger partial charge >= 0.3 is 5.97 Å². The maximum atomic E-state index is 10.9. The average molecular weight is 272 g/mol. The number of carbonyl (C=O) groups is 1. The smallest absolute Gasteiger partial charge is 0.307 e. The predicted molar refractivity (Wildman–Crippen MR) is 73.0 cm³/mol. The first-order chi connectivity index (χ1) is 9.72. The van der Waals surface area contributed by atoms with Crippen LogP contribution in [0.15, 0.2) is 41.0 Å². The van der Waals surface area contributed by atoms with Crippen LogP contribution in [0.1, 0.15) is 12.1 Å². The quantitative estimate of drug-likeness (QED) is 0.924. The molecule has 1 aliphatic rings. The Balaban J connectivity index is 1.65. The average Bonchev–Trinajstić information content (AvgIpc) is 3.10. The largest absolute Gasteiger partial charge is 0.481 e. The van der Waals surface area contributed by atoms with Crippen LogP contribution in [0.25, 0.3) is 11.5 Å². The highest BCUT2D eigenvalue weighted by Gasteiger charge is 2.28. The summed E-state index contributed by atoms with van der Waals surface area (Å²) >= 11 is 0. The molecule has 2 aromatic rings. The Bertz CT molecular complexity index is 594. The van der Waals surface area contributed by atoms with Crippen molar-refractivity contribution in [1.82, 2.24) is 9.88 Å². The molecule has 1 N–H and O–H groups in total. The summed E-state index contributed by atoms with van der Waals surface area (Å²) in [6.45, 7) is 2.02. The number of aromatic nitrogens is 1. The molecule has 1 aromatic heterocycles. The van der Waals surface area contributed by atoms with Gasteiger partial charge in [-0.15, -0.1) is 0 Å². The van der Waals surface area contributed by atoms with Gasteiger partial charge in [-0.05, 0) is 25.1 Å². The third-order valence-corrected chi connectivity index (χ3v) is 3.58. The second-order valence-electron chi connectivity index (χ2n) is 5.07. The maximum absolute atomic E-state index is 10.9. The number of benzene rings is 1. The standard InChI is InChI=1S/C15H16N2O3/c18-15(19)12-6-7-17(8-12)9-13-10-20-14(16-13)11-4-2-1-3-5-11/h1-5,10,12H,6-9H2,(H,18,19). The van der Waals surface area contributed by atoms with Gasteiger partial charge in [0.15, 0.2) is 0 Å². The fourth-order valence-corrected chi connectivity index (χ4v) is 2.50. The number of oxazole rings is 1. The summed E-state index contributed by atoms with van der Waals surface area (Å²) in [5, 5.41) is 8.99. The lowest BCUT2D eigenvalue weighted by atomic mass is 10.1. The van der Waals surface area contributed by atoms with Crippen LogP contribution in [0.4, 0.5) is 0 Å². The van der Waals surface area contributed by atoms with Gasteiger partial charge in [0.1, 0.15) is 6.26 Å². The van der Waals surface area contributed by atoms with Gasteiger partial charge in [-0.2, -0.15) is 0 Å². The zero-order chi connectivity index (χ0) is 13.9. The maximum Gasteiger partial charge on any atom is 0.307 e. The Hall–Kier alpha value is -2.14. The van der Waals surface area contributed by atoms with E-state index in [1.165, 1.54) is 0 Å². The van der Waals surface area contributed by atoms with Gasteiger partial charge < -0.3 is 9.52 Å². The summed E-state index contributed by atoms with van der Waals surface area (Å²) in [6, 6.07) is 9.73. The zero-order valence-corrected chi connectivity index (χ0v) is 11.0. The van der Waals surface area contributed by atoms with Gasteiger partial charge in [-0.1, -0.05) is 18.2 Å². The minimum Gasteiger partial charge on any atom is -0.481 e. The monoisotopic (exact) mass is 272 g/mol. The number of nitrogens with zero attached hydrogens (tertiary/aromatic N) is 2. The molecule has 0 bridgehead atoms. The number of aliphatic carboxylic acids is 1. The number of carboxylic acids is 1. The van der Waals surface area contributed by atoms with Crippen molar-refractivity contribution in [3.63, 3.8) is 0 Å². The summed E-state index contributed by atoms with van der Waals surface area (Å²) in [5.41, 5.74) is 1.79. The second-order valence-corrected chi connectivity index (χ2v) is 5.07. The van der Waals surface area contributed by atoms with Gasteiger partial charge in [0.05, 0.1) is 11.6 Å². The van der Waals surface area contributed by atoms with Crippen LogP contribution in [0.5, 0.6) is 0 Å². The van der Waals surface area contributed by atoms with E-state index in [0.717, 1.165) is 17.8 Å². The molecule has 5 nitrogen and oxygen atoms in total. The lowest BCUT2D eigenvalue weighted by Gasteiger charge is -2.12. The first-order valence-corrected chi connectivity index (χ1v) is 6.67. The normalized spacial score (nSPS) is 19.3. The van der Waals surface area contributed by atoms with Crippen LogP contribution in [0.2, 0.25) is 0 Å². The molecule has 0 radical (unpaired) electrons. The number of rotatable bonds is 4. The van der Waals surface area contributed by atoms with E-state index in [9.17, 15) is 4.79 Å². The van der Waals surface area contributed by atoms with Crippen molar-refractivity contribution >= 4 is 5.97 Å². The Morgan fingerprint density at radius 2 is 2.20 bits per heavy atom. The SMILES string of the molecule is O=C(O)C1CCN(Cc2coc(-c3ccccc3)n2)C1. The van der Waals surface area contributed by atoms with Crippen LogP contribution in [0, 0.1) is 5.92 Å². The molecule has 1 aliphatic heterocycles. The molecule has 0 saturated carbocycles. The topological polar surface area (TPSA) is 66.6 Å². The zero-order valence-electron chi connectivity index (χ0n) is 11.0. The minimum absolute atomic E-state index is 0.254. The summed E-state index contributed by atoms with van der Waals surface area (Å²) in [7, 11) is 0. The highest BCUT2D eigenvalue weighted by atomic mass is 16.4. The van der Waals surface area contributed by atoms with Gasteiger partial charge in [0, 0.05) is 18.7 Å². The minimum atomic E-state index is -0.711. The van der Waals surface area contributed by atoms with Crippen molar-refractivity contribution in [2.24, 2.45) is 5.92 Å². The Kier molecular flexibility index (Phi) is 3.52. The Labute approximate surface area is 116 Å². The molecule has 0 amide bonds. The van der Waals surface area contributed by atoms with E-state index >= 15 is 0 Å². The molecule has 1 saturated heterocycles. The van der Waals surface area contributed by atoms with Crippen LogP contribution in [0.3, 0.4) is 0 Å². The third kappa shape index (κ3) is 2.72. The van der Waals surface area contributed by atoms with E-state index in [4.69, 9.17) is 9.52 Å². The molecule has 5 heteroatoms. The lowest BCUT2D eigenvalue weighted by molar-refractivity contribution is -0.141. The Morgan fingerprint density at radius 1 is 1.40 bits per heavy atom. The van der Waals surface area contributed by atoms with E-state index < -0.39 is 5.97 Å². The molecule has 1 aromatic carbocycles. The molecule has 2 heterocycles. The molecule has 1 fully saturated rings. The highest BCUT2D eigenvalue weighted by molar-refractivity contribution is 5.70. The van der Waals surface area contributed by atoms with Crippen molar-refractivity contribution < 1.29 is 14.3 Å². The molecule has 0 spiro atoms. The lowest BCUT2D eigenvalue weighted by Crippen LogP contribution is -2.22. The number of likely N-dealkylation sites (tertiary alicyclic amines) is 1. The fraction of sp³-hybridized carbons (Fsp3) is 0.333. The third-order valence-electron chi connectivity index (χ3n) is 3.58. The first-order valence-electron chi connectivity index (χ1n) is 6.67. The number of hydrogen-bond donors (Lipinski definition) is 1. The summed E-state index contributed by atoms with van der Waals surface area (Å²) < 4.78 is 5.48. The molecule has 104 valence electrons. The van der Waals surface area contributed by atoms with Crippen molar-refractivity contribution in [3.8, 4) is 11.5 Å². The fourth-order valence-electron chi connectivity index (χ4n) is 2.50. The number of carboxylic acid groups (broad SMARTS) is 1. The molecule has 0 aliphatic carbocycles. The summed E-state index contributed by atoms with van der Waals surface area (Å²) in [4.78, 5) is 17.5. The van der Waals surface area contributed by atoms with Gasteiger partial charge in [0.25, 0.3) is 0 Å². The summed E-state index contributed by atoms with van der Waals surface area (Å²) in [6.07, 6.45) is 2.36. The van der Waals surface area contributed by atoms with Gasteiger partial charge in [0.2, 0.25) is 5.89 Å². The molecular formula is C15H16N2O3. The molecule has 3 rings (SSSR count). The van der Waals surface area contributed by atoms with E-state index in [1.54, 1.807) is 6.26 Å². The Morgan fingerprint density at radius 3 is 2.90 bits per heavy atom. The molecule has 20 heavy (non-hydrogen) atoms. The number of hydrogen-bond acceptors (Lipinski definition) is 4.